The summed E-state index contributed by atoms with van der Waals surface area (Å²) in [5.74, 6) is 0. The lowest BCUT2D eigenvalue weighted by molar-refractivity contribution is 0.00429. The van der Waals surface area contributed by atoms with E-state index in [1.807, 2.05) is 0 Å². The van der Waals surface area contributed by atoms with Crippen LogP contribution in [0.1, 0.15) is 13.8 Å². The Morgan fingerprint density at radius 1 is 1.31 bits per heavy atom. The van der Waals surface area contributed by atoms with E-state index in [1.54, 1.807) is 0 Å². The van der Waals surface area contributed by atoms with Gasteiger partial charge in [-0.3, -0.25) is 4.90 Å². The molecule has 0 aromatic heterocycles. The normalized spacial score (nSPS) is 27.0. The summed E-state index contributed by atoms with van der Waals surface area (Å²) in [6, 6.07) is 0.571. The first kappa shape index (κ1) is 11.0. The van der Waals surface area contributed by atoms with Crippen molar-refractivity contribution in [3.8, 4) is 0 Å². The van der Waals surface area contributed by atoms with Gasteiger partial charge in [0.15, 0.2) is 0 Å². The van der Waals surface area contributed by atoms with Crippen LogP contribution in [0, 0.1) is 0 Å². The van der Waals surface area contributed by atoms with Crippen molar-refractivity contribution in [2.24, 2.45) is 0 Å². The maximum atomic E-state index is 5.63. The van der Waals surface area contributed by atoms with E-state index in [-0.39, 0.29) is 0 Å². The number of rotatable bonds is 3. The van der Waals surface area contributed by atoms with Crippen molar-refractivity contribution in [3.63, 3.8) is 0 Å². The highest BCUT2D eigenvalue weighted by Crippen LogP contribution is 2.06. The molecule has 0 radical (unpaired) electrons. The summed E-state index contributed by atoms with van der Waals surface area (Å²) < 4.78 is 5.63. The van der Waals surface area contributed by atoms with Gasteiger partial charge < -0.3 is 9.64 Å². The minimum Gasteiger partial charge on any atom is -0.377 e. The van der Waals surface area contributed by atoms with Crippen molar-refractivity contribution in [1.82, 2.24) is 9.80 Å². The Kier molecular flexibility index (Phi) is 4.16. The second-order valence-electron chi connectivity index (χ2n) is 4.28. The van der Waals surface area contributed by atoms with Crippen LogP contribution in [-0.2, 0) is 4.74 Å². The first-order valence-corrected chi connectivity index (χ1v) is 5.10. The van der Waals surface area contributed by atoms with E-state index in [0.717, 1.165) is 19.7 Å². The van der Waals surface area contributed by atoms with Crippen LogP contribution >= 0.6 is 0 Å². The Morgan fingerprint density at radius 3 is 2.62 bits per heavy atom. The van der Waals surface area contributed by atoms with Crippen molar-refractivity contribution >= 4 is 0 Å². The van der Waals surface area contributed by atoms with Crippen LogP contribution in [0.4, 0.5) is 0 Å². The Balaban J connectivity index is 2.29. The summed E-state index contributed by atoms with van der Waals surface area (Å²) in [4.78, 5) is 4.76. The molecule has 0 saturated carbocycles. The van der Waals surface area contributed by atoms with E-state index in [4.69, 9.17) is 4.74 Å². The molecule has 1 aliphatic rings. The van der Waals surface area contributed by atoms with Crippen molar-refractivity contribution in [2.45, 2.75) is 26.0 Å². The topological polar surface area (TPSA) is 15.7 Å². The number of nitrogens with zero attached hydrogens (tertiary/aromatic N) is 2. The Hall–Kier alpha value is -0.120. The molecule has 78 valence electrons. The second kappa shape index (κ2) is 4.94. The van der Waals surface area contributed by atoms with E-state index in [2.05, 4.69) is 37.7 Å². The van der Waals surface area contributed by atoms with Crippen LogP contribution in [0.15, 0.2) is 0 Å². The summed E-state index contributed by atoms with van der Waals surface area (Å²) in [5.41, 5.74) is 0. The SMILES string of the molecule is CC(C)OCC1CN(C)CCN1C. The second-order valence-corrected chi connectivity index (χ2v) is 4.28. The molecule has 1 rings (SSSR count). The predicted octanol–water partition coefficient (Wildman–Crippen LogP) is 0.657. The molecule has 1 fully saturated rings. The van der Waals surface area contributed by atoms with Gasteiger partial charge in [0, 0.05) is 25.7 Å². The van der Waals surface area contributed by atoms with Gasteiger partial charge in [0.2, 0.25) is 0 Å². The summed E-state index contributed by atoms with van der Waals surface area (Å²) >= 11 is 0. The molecule has 0 amide bonds. The number of ether oxygens (including phenoxy) is 1. The van der Waals surface area contributed by atoms with Gasteiger partial charge in [-0.25, -0.2) is 0 Å². The van der Waals surface area contributed by atoms with Crippen LogP contribution < -0.4 is 0 Å². The van der Waals surface area contributed by atoms with Gasteiger partial charge >= 0.3 is 0 Å². The largest absolute Gasteiger partial charge is 0.377 e. The molecule has 0 aromatic carbocycles. The van der Waals surface area contributed by atoms with Gasteiger partial charge in [0.1, 0.15) is 0 Å². The van der Waals surface area contributed by atoms with Gasteiger partial charge in [-0.2, -0.15) is 0 Å². The third-order valence-corrected chi connectivity index (χ3v) is 2.60. The van der Waals surface area contributed by atoms with Gasteiger partial charge in [-0.1, -0.05) is 0 Å². The van der Waals surface area contributed by atoms with Crippen molar-refractivity contribution in [3.05, 3.63) is 0 Å². The van der Waals surface area contributed by atoms with E-state index in [9.17, 15) is 0 Å². The van der Waals surface area contributed by atoms with Crippen LogP contribution in [0.3, 0.4) is 0 Å². The average molecular weight is 186 g/mol. The third kappa shape index (κ3) is 3.63. The Morgan fingerprint density at radius 2 is 2.00 bits per heavy atom. The lowest BCUT2D eigenvalue weighted by Crippen LogP contribution is -2.52. The molecule has 13 heavy (non-hydrogen) atoms. The molecule has 1 heterocycles. The molecule has 1 aliphatic heterocycles. The summed E-state index contributed by atoms with van der Waals surface area (Å²) in [5, 5.41) is 0. The Bertz CT molecular complexity index is 150. The zero-order chi connectivity index (χ0) is 9.84. The molecule has 0 N–H and O–H groups in total. The van der Waals surface area contributed by atoms with Crippen molar-refractivity contribution in [2.75, 3.05) is 40.3 Å². The van der Waals surface area contributed by atoms with Gasteiger partial charge in [0.25, 0.3) is 0 Å². The number of likely N-dealkylation sites (N-methyl/N-ethyl adjacent to an activating group) is 2. The number of hydrogen-bond donors (Lipinski definition) is 0. The Labute approximate surface area is 81.7 Å². The fourth-order valence-corrected chi connectivity index (χ4v) is 1.58. The highest BCUT2D eigenvalue weighted by molar-refractivity contribution is 4.78. The zero-order valence-corrected chi connectivity index (χ0v) is 9.29. The molecule has 3 nitrogen and oxygen atoms in total. The van der Waals surface area contributed by atoms with E-state index in [0.29, 0.717) is 12.1 Å². The molecule has 0 aliphatic carbocycles. The van der Waals surface area contributed by atoms with Gasteiger partial charge in [-0.05, 0) is 27.9 Å². The summed E-state index contributed by atoms with van der Waals surface area (Å²) in [6.45, 7) is 8.50. The van der Waals surface area contributed by atoms with Crippen molar-refractivity contribution in [1.29, 1.82) is 0 Å². The monoisotopic (exact) mass is 186 g/mol. The highest BCUT2D eigenvalue weighted by Gasteiger charge is 2.22. The summed E-state index contributed by atoms with van der Waals surface area (Å²) in [6.07, 6.45) is 0.348. The first-order chi connectivity index (χ1) is 6.09. The smallest absolute Gasteiger partial charge is 0.0637 e. The molecule has 0 aromatic rings. The summed E-state index contributed by atoms with van der Waals surface area (Å²) in [7, 11) is 4.36. The predicted molar refractivity (Wildman–Crippen MR) is 55.0 cm³/mol. The fraction of sp³-hybridized carbons (Fsp3) is 1.00. The molecular formula is C10H22N2O. The van der Waals surface area contributed by atoms with Crippen LogP contribution in [0.2, 0.25) is 0 Å². The first-order valence-electron chi connectivity index (χ1n) is 5.10. The number of piperazine rings is 1. The minimum absolute atomic E-state index is 0.348. The van der Waals surface area contributed by atoms with E-state index in [1.165, 1.54) is 6.54 Å². The molecule has 1 unspecified atom stereocenters. The average Bonchev–Trinajstić information content (AvgIpc) is 2.06. The van der Waals surface area contributed by atoms with Crippen LogP contribution in [-0.4, -0.2) is 62.3 Å². The van der Waals surface area contributed by atoms with Gasteiger partial charge in [0.05, 0.1) is 12.7 Å². The molecule has 0 bridgehead atoms. The van der Waals surface area contributed by atoms with Crippen LogP contribution in [0.25, 0.3) is 0 Å². The molecule has 3 heteroatoms. The maximum Gasteiger partial charge on any atom is 0.0637 e. The van der Waals surface area contributed by atoms with Crippen molar-refractivity contribution < 1.29 is 4.74 Å². The zero-order valence-electron chi connectivity index (χ0n) is 9.29. The quantitative estimate of drug-likeness (QED) is 0.644. The lowest BCUT2D eigenvalue weighted by atomic mass is 10.2. The number of hydrogen-bond acceptors (Lipinski definition) is 3. The molecular weight excluding hydrogens is 164 g/mol. The lowest BCUT2D eigenvalue weighted by Gasteiger charge is -2.37. The fourth-order valence-electron chi connectivity index (χ4n) is 1.58. The molecule has 1 saturated heterocycles. The van der Waals surface area contributed by atoms with Gasteiger partial charge in [-0.15, -0.1) is 0 Å². The maximum absolute atomic E-state index is 5.63. The minimum atomic E-state index is 0.348. The highest BCUT2D eigenvalue weighted by atomic mass is 16.5. The molecule has 1 atom stereocenters. The molecule has 0 spiro atoms. The standard InChI is InChI=1S/C10H22N2O/c1-9(2)13-8-10-7-11(3)5-6-12(10)4/h9-10H,5-8H2,1-4H3. The van der Waals surface area contributed by atoms with Crippen LogP contribution in [0.5, 0.6) is 0 Å². The van der Waals surface area contributed by atoms with E-state index >= 15 is 0 Å². The third-order valence-electron chi connectivity index (χ3n) is 2.60. The van der Waals surface area contributed by atoms with E-state index < -0.39 is 0 Å².